The average Bonchev–Trinajstić information content (AvgIpc) is 3.00. The fraction of sp³-hybridized carbons (Fsp3) is 0.588. The first-order valence-corrected chi connectivity index (χ1v) is 19.1. The van der Waals surface area contributed by atoms with E-state index in [1.165, 1.54) is 88.5 Å². The van der Waals surface area contributed by atoms with Gasteiger partial charge in [-0.25, -0.2) is 0 Å². The van der Waals surface area contributed by atoms with Gasteiger partial charge in [0.25, 0.3) is 0 Å². The van der Waals surface area contributed by atoms with E-state index in [0.717, 1.165) is 38.5 Å². The predicted molar refractivity (Wildman–Crippen MR) is 172 cm³/mol. The summed E-state index contributed by atoms with van der Waals surface area (Å²) in [4.78, 5) is 23.7. The Labute approximate surface area is 265 Å². The molecule has 246 valence electrons. The summed E-state index contributed by atoms with van der Waals surface area (Å²) in [7, 11) is -8.04. The Morgan fingerprint density at radius 1 is 0.386 bits per heavy atom. The van der Waals surface area contributed by atoms with Crippen molar-refractivity contribution in [3.05, 3.63) is 60.7 Å². The second kappa shape index (κ2) is 21.9. The minimum Gasteiger partial charge on any atom is -0.342 e. The maximum absolute atomic E-state index is 12.0. The summed E-state index contributed by atoms with van der Waals surface area (Å²) in [6.07, 6.45) is 20.2. The summed E-state index contributed by atoms with van der Waals surface area (Å²) in [5.41, 5.74) is 0. The highest BCUT2D eigenvalue weighted by Gasteiger charge is 2.20. The van der Waals surface area contributed by atoms with Crippen molar-refractivity contribution in [1.29, 1.82) is 0 Å². The van der Waals surface area contributed by atoms with Crippen molar-refractivity contribution in [2.24, 2.45) is 0 Å². The zero-order valence-electron chi connectivity index (χ0n) is 26.0. The molecule has 44 heavy (non-hydrogen) atoms. The molecule has 0 spiro atoms. The van der Waals surface area contributed by atoms with Crippen molar-refractivity contribution in [3.8, 4) is 0 Å². The first-order chi connectivity index (χ1) is 21.2. The summed E-state index contributed by atoms with van der Waals surface area (Å²) < 4.78 is 57.6. The number of carbonyl (C=O) groups is 2. The van der Waals surface area contributed by atoms with Crippen molar-refractivity contribution in [1.82, 2.24) is 0 Å². The highest BCUT2D eigenvalue weighted by atomic mass is 32.2. The predicted octanol–water partition coefficient (Wildman–Crippen LogP) is 8.65. The van der Waals surface area contributed by atoms with Crippen LogP contribution in [0.2, 0.25) is 0 Å². The molecule has 0 aliphatic rings. The molecular weight excluding hydrogens is 601 g/mol. The van der Waals surface area contributed by atoms with Gasteiger partial charge in [0.1, 0.15) is 9.79 Å². The lowest BCUT2D eigenvalue weighted by Gasteiger charge is -2.06. The Bertz CT molecular complexity index is 1180. The van der Waals surface area contributed by atoms with E-state index in [0.29, 0.717) is 12.8 Å². The molecule has 0 saturated carbocycles. The molecule has 0 unspecified atom stereocenters. The zero-order valence-corrected chi connectivity index (χ0v) is 27.6. The van der Waals surface area contributed by atoms with E-state index in [2.05, 4.69) is 0 Å². The fourth-order valence-corrected chi connectivity index (χ4v) is 6.80. The smallest absolute Gasteiger partial charge is 0.341 e. The van der Waals surface area contributed by atoms with E-state index in [-0.39, 0.29) is 22.6 Å². The zero-order chi connectivity index (χ0) is 31.9. The van der Waals surface area contributed by atoms with E-state index in [4.69, 9.17) is 8.37 Å². The minimum absolute atomic E-state index is 0.00460. The molecule has 0 aromatic heterocycles. The molecule has 0 heterocycles. The number of carbonyl (C=O) groups excluding carboxylic acids is 2. The topological polar surface area (TPSA) is 121 Å². The van der Waals surface area contributed by atoms with Gasteiger partial charge in [-0.2, -0.15) is 16.8 Å². The van der Waals surface area contributed by atoms with Crippen LogP contribution < -0.4 is 0 Å². The van der Waals surface area contributed by atoms with Crippen LogP contribution in [0.1, 0.15) is 128 Å². The van der Waals surface area contributed by atoms with E-state index in [1.54, 1.807) is 36.4 Å². The van der Waals surface area contributed by atoms with E-state index < -0.39 is 32.2 Å². The van der Waals surface area contributed by atoms with Crippen LogP contribution in [-0.4, -0.2) is 28.8 Å². The normalized spacial score (nSPS) is 11.7. The number of hydrogen-bond donors (Lipinski definition) is 0. The minimum atomic E-state index is -4.02. The van der Waals surface area contributed by atoms with Crippen LogP contribution in [0.5, 0.6) is 0 Å². The number of benzene rings is 2. The molecule has 8 nitrogen and oxygen atoms in total. The van der Waals surface area contributed by atoms with Gasteiger partial charge in [0.05, 0.1) is 0 Å². The van der Waals surface area contributed by atoms with Gasteiger partial charge in [0, 0.05) is 12.8 Å². The molecule has 0 radical (unpaired) electrons. The molecule has 0 amide bonds. The van der Waals surface area contributed by atoms with Crippen LogP contribution in [0.25, 0.3) is 0 Å². The van der Waals surface area contributed by atoms with E-state index in [9.17, 15) is 26.4 Å². The summed E-state index contributed by atoms with van der Waals surface area (Å²) in [6, 6.07) is 15.4. The molecule has 0 saturated heterocycles. The van der Waals surface area contributed by atoms with Crippen molar-refractivity contribution in [2.75, 3.05) is 0 Å². The molecular formula is C34H50O8S2. The quantitative estimate of drug-likeness (QED) is 0.0773. The van der Waals surface area contributed by atoms with Crippen molar-refractivity contribution in [2.45, 2.75) is 138 Å². The molecule has 0 aliphatic heterocycles. The Morgan fingerprint density at radius 3 is 0.864 bits per heavy atom. The lowest BCUT2D eigenvalue weighted by atomic mass is 10.0. The van der Waals surface area contributed by atoms with Gasteiger partial charge in [-0.15, -0.1) is 0 Å². The molecule has 10 heteroatoms. The molecule has 0 aliphatic carbocycles. The highest BCUT2D eigenvalue weighted by Crippen LogP contribution is 2.17. The maximum atomic E-state index is 12.0. The van der Waals surface area contributed by atoms with Crippen molar-refractivity contribution in [3.63, 3.8) is 0 Å². The molecule has 2 rings (SSSR count). The standard InChI is InChI=1S/C34H50O8S2/c35-33(41-43(37,38)31-25-19-17-20-26-31)29-23-15-13-11-9-7-5-3-1-2-4-6-8-10-12-14-16-24-30-34(36)42-44(39,40)32-27-21-18-22-28-32/h17-22,25-28H,1-16,23-24,29-30H2. The molecule has 0 N–H and O–H groups in total. The molecule has 0 fully saturated rings. The van der Waals surface area contributed by atoms with Gasteiger partial charge in [-0.1, -0.05) is 139 Å². The first kappa shape index (κ1) is 37.5. The second-order valence-electron chi connectivity index (χ2n) is 11.3. The molecule has 2 aromatic carbocycles. The third-order valence-electron chi connectivity index (χ3n) is 7.48. The molecule has 2 aromatic rings. The van der Waals surface area contributed by atoms with Gasteiger partial charge in [0.15, 0.2) is 0 Å². The van der Waals surface area contributed by atoms with Crippen LogP contribution in [0.3, 0.4) is 0 Å². The summed E-state index contributed by atoms with van der Waals surface area (Å²) in [5, 5.41) is 0. The van der Waals surface area contributed by atoms with Gasteiger partial charge in [-0.05, 0) is 37.1 Å². The maximum Gasteiger partial charge on any atom is 0.341 e. The van der Waals surface area contributed by atoms with Crippen LogP contribution in [-0.2, 0) is 38.2 Å². The summed E-state index contributed by atoms with van der Waals surface area (Å²) in [5.74, 6) is -1.38. The van der Waals surface area contributed by atoms with Gasteiger partial charge >= 0.3 is 32.2 Å². The number of rotatable bonds is 25. The lowest BCUT2D eigenvalue weighted by molar-refractivity contribution is -0.135. The third kappa shape index (κ3) is 16.9. The van der Waals surface area contributed by atoms with Crippen LogP contribution in [0.4, 0.5) is 0 Å². The first-order valence-electron chi connectivity index (χ1n) is 16.3. The van der Waals surface area contributed by atoms with E-state index >= 15 is 0 Å². The van der Waals surface area contributed by atoms with E-state index in [1.807, 2.05) is 0 Å². The third-order valence-corrected chi connectivity index (χ3v) is 9.99. The largest absolute Gasteiger partial charge is 0.342 e. The van der Waals surface area contributed by atoms with Crippen LogP contribution >= 0.6 is 0 Å². The summed E-state index contributed by atoms with van der Waals surface area (Å²) in [6.45, 7) is 0. The summed E-state index contributed by atoms with van der Waals surface area (Å²) >= 11 is 0. The Balaban J connectivity index is 1.29. The fourth-order valence-electron chi connectivity index (χ4n) is 4.97. The highest BCUT2D eigenvalue weighted by molar-refractivity contribution is 7.87. The number of hydrogen-bond acceptors (Lipinski definition) is 8. The van der Waals surface area contributed by atoms with Crippen LogP contribution in [0.15, 0.2) is 70.5 Å². The van der Waals surface area contributed by atoms with Crippen molar-refractivity contribution < 1.29 is 34.8 Å². The number of unbranched alkanes of at least 4 members (excludes halogenated alkanes) is 17. The molecule has 0 bridgehead atoms. The Kier molecular flexibility index (Phi) is 18.6. The monoisotopic (exact) mass is 650 g/mol. The average molecular weight is 651 g/mol. The molecule has 0 atom stereocenters. The lowest BCUT2D eigenvalue weighted by Crippen LogP contribution is -2.13. The van der Waals surface area contributed by atoms with Crippen LogP contribution in [0, 0.1) is 0 Å². The van der Waals surface area contributed by atoms with Gasteiger partial charge in [-0.3, -0.25) is 9.59 Å². The van der Waals surface area contributed by atoms with Gasteiger partial charge in [0.2, 0.25) is 0 Å². The van der Waals surface area contributed by atoms with Gasteiger partial charge < -0.3 is 8.37 Å². The Morgan fingerprint density at radius 2 is 0.614 bits per heavy atom. The second-order valence-corrected chi connectivity index (χ2v) is 14.4. The van der Waals surface area contributed by atoms with Crippen molar-refractivity contribution >= 4 is 32.2 Å². The Hall–Kier alpha value is -2.72. The SMILES string of the molecule is O=C(CCCCCCCCCCCCCCCCCCCCC(=O)OS(=O)(=O)c1ccccc1)OS(=O)(=O)c1ccccc1.